The molecular formula is C28H32F5O2. The standard InChI is InChI=1S/C28H32F5O2/c1-2-3-18-4-6-19(7-5-18)20-8-10-21(11-9-20)26-24(29)16-17-25(27(26)30)34-22-12-14-23(15-13-22)35-28(31,32)33/h12-16,18-21H,2-11H2,1H3/t18-,19-,20?,21?. The van der Waals surface area contributed by atoms with Crippen molar-refractivity contribution in [3.05, 3.63) is 53.6 Å². The van der Waals surface area contributed by atoms with Crippen molar-refractivity contribution in [1.29, 1.82) is 0 Å². The molecule has 0 unspecified atom stereocenters. The van der Waals surface area contributed by atoms with E-state index < -0.39 is 23.7 Å². The molecule has 2 aromatic carbocycles. The average Bonchev–Trinajstić information content (AvgIpc) is 2.82. The lowest BCUT2D eigenvalue weighted by Gasteiger charge is -2.38. The molecule has 1 radical (unpaired) electrons. The molecule has 191 valence electrons. The topological polar surface area (TPSA) is 18.5 Å². The van der Waals surface area contributed by atoms with Crippen LogP contribution >= 0.6 is 0 Å². The quantitative estimate of drug-likeness (QED) is 0.356. The first-order valence-corrected chi connectivity index (χ1v) is 12.7. The second-order valence-electron chi connectivity index (χ2n) is 10.00. The smallest absolute Gasteiger partial charge is 0.454 e. The third-order valence-corrected chi connectivity index (χ3v) is 7.74. The van der Waals surface area contributed by atoms with Crippen LogP contribution in [0.15, 0.2) is 30.3 Å². The van der Waals surface area contributed by atoms with E-state index in [1.807, 2.05) is 0 Å². The molecule has 2 aromatic rings. The van der Waals surface area contributed by atoms with E-state index >= 15 is 4.39 Å². The molecule has 35 heavy (non-hydrogen) atoms. The summed E-state index contributed by atoms with van der Waals surface area (Å²) < 4.78 is 76.3. The largest absolute Gasteiger partial charge is 0.573 e. The summed E-state index contributed by atoms with van der Waals surface area (Å²) in [6.07, 6.45) is 6.34. The minimum Gasteiger partial charge on any atom is -0.454 e. The molecule has 4 rings (SSSR count). The zero-order chi connectivity index (χ0) is 25.0. The van der Waals surface area contributed by atoms with Gasteiger partial charge in [0.2, 0.25) is 0 Å². The molecule has 2 nitrogen and oxygen atoms in total. The molecule has 0 saturated heterocycles. The van der Waals surface area contributed by atoms with Crippen LogP contribution in [0.5, 0.6) is 17.2 Å². The van der Waals surface area contributed by atoms with E-state index in [4.69, 9.17) is 4.74 Å². The van der Waals surface area contributed by atoms with E-state index in [9.17, 15) is 17.6 Å². The molecule has 0 bridgehead atoms. The number of hydrogen-bond donors (Lipinski definition) is 0. The molecule has 7 heteroatoms. The summed E-state index contributed by atoms with van der Waals surface area (Å²) in [6, 6.07) is 8.17. The summed E-state index contributed by atoms with van der Waals surface area (Å²) in [5.74, 6) is 0.0118. The zero-order valence-corrected chi connectivity index (χ0v) is 20.0. The second kappa shape index (κ2) is 11.2. The third-order valence-electron chi connectivity index (χ3n) is 7.74. The normalized spacial score (nSPS) is 25.3. The SMILES string of the molecule is CCC[C@H]1CC[C@H](C2CCC(c3c(F)c[c]c(Oc4ccc(OC(F)(F)F)cc4)c3F)CC2)CC1. The lowest BCUT2D eigenvalue weighted by atomic mass is 9.68. The van der Waals surface area contributed by atoms with Crippen LogP contribution < -0.4 is 9.47 Å². The summed E-state index contributed by atoms with van der Waals surface area (Å²) in [5.41, 5.74) is 0.0286. The average molecular weight is 496 g/mol. The highest BCUT2D eigenvalue weighted by atomic mass is 19.4. The van der Waals surface area contributed by atoms with Gasteiger partial charge in [-0.15, -0.1) is 13.2 Å². The first-order chi connectivity index (χ1) is 16.7. The molecule has 2 aliphatic rings. The lowest BCUT2D eigenvalue weighted by Crippen LogP contribution is -2.26. The monoisotopic (exact) mass is 495 g/mol. The van der Waals surface area contributed by atoms with Gasteiger partial charge in [-0.05, 0) is 92.5 Å². The Morgan fingerprint density at radius 3 is 2.00 bits per heavy atom. The highest BCUT2D eigenvalue weighted by Crippen LogP contribution is 2.46. The number of hydrogen-bond acceptors (Lipinski definition) is 2. The Morgan fingerprint density at radius 1 is 0.857 bits per heavy atom. The van der Waals surface area contributed by atoms with Gasteiger partial charge in [-0.2, -0.15) is 0 Å². The van der Waals surface area contributed by atoms with Crippen molar-refractivity contribution in [2.45, 2.75) is 83.4 Å². The molecule has 0 spiro atoms. The lowest BCUT2D eigenvalue weighted by molar-refractivity contribution is -0.274. The fourth-order valence-corrected chi connectivity index (χ4v) is 6.01. The first-order valence-electron chi connectivity index (χ1n) is 12.7. The Labute approximate surface area is 203 Å². The third kappa shape index (κ3) is 6.68. The van der Waals surface area contributed by atoms with Crippen molar-refractivity contribution < 1.29 is 31.4 Å². The van der Waals surface area contributed by atoms with Gasteiger partial charge in [0.1, 0.15) is 17.3 Å². The van der Waals surface area contributed by atoms with Crippen LogP contribution in [0.3, 0.4) is 0 Å². The van der Waals surface area contributed by atoms with Crippen LogP contribution in [0, 0.1) is 35.5 Å². The Balaban J connectivity index is 1.38. The molecule has 0 N–H and O–H groups in total. The van der Waals surface area contributed by atoms with Crippen LogP contribution in [-0.4, -0.2) is 6.36 Å². The molecular weight excluding hydrogens is 463 g/mol. The Morgan fingerprint density at radius 2 is 1.43 bits per heavy atom. The van der Waals surface area contributed by atoms with Gasteiger partial charge in [0.25, 0.3) is 0 Å². The molecule has 0 aliphatic heterocycles. The van der Waals surface area contributed by atoms with E-state index in [0.717, 1.165) is 55.7 Å². The van der Waals surface area contributed by atoms with Gasteiger partial charge < -0.3 is 9.47 Å². The molecule has 2 aliphatic carbocycles. The van der Waals surface area contributed by atoms with E-state index in [0.29, 0.717) is 5.92 Å². The fraction of sp³-hybridized carbons (Fsp3) is 0.571. The maximum absolute atomic E-state index is 15.3. The van der Waals surface area contributed by atoms with E-state index in [2.05, 4.69) is 17.7 Å². The number of ether oxygens (including phenoxy) is 2. The molecule has 2 fully saturated rings. The summed E-state index contributed by atoms with van der Waals surface area (Å²) in [6.45, 7) is 2.24. The van der Waals surface area contributed by atoms with Gasteiger partial charge in [0.05, 0.1) is 0 Å². The minimum atomic E-state index is -4.80. The van der Waals surface area contributed by atoms with Crippen LogP contribution in [0.1, 0.15) is 82.6 Å². The van der Waals surface area contributed by atoms with Crippen molar-refractivity contribution in [2.75, 3.05) is 0 Å². The fourth-order valence-electron chi connectivity index (χ4n) is 6.01. The highest BCUT2D eigenvalue weighted by molar-refractivity contribution is 5.39. The van der Waals surface area contributed by atoms with Crippen LogP contribution in [0.2, 0.25) is 0 Å². The van der Waals surface area contributed by atoms with Crippen molar-refractivity contribution >= 4 is 0 Å². The Bertz CT molecular complexity index is 957. The summed E-state index contributed by atoms with van der Waals surface area (Å²) in [5, 5.41) is 0. The van der Waals surface area contributed by atoms with E-state index in [-0.39, 0.29) is 23.0 Å². The van der Waals surface area contributed by atoms with Crippen LogP contribution in [0.25, 0.3) is 0 Å². The predicted molar refractivity (Wildman–Crippen MR) is 123 cm³/mol. The zero-order valence-electron chi connectivity index (χ0n) is 20.0. The molecule has 0 aromatic heterocycles. The van der Waals surface area contributed by atoms with Crippen molar-refractivity contribution in [3.8, 4) is 17.2 Å². The summed E-state index contributed by atoms with van der Waals surface area (Å²) in [4.78, 5) is 0. The van der Waals surface area contributed by atoms with Gasteiger partial charge >= 0.3 is 6.36 Å². The number of alkyl halides is 3. The van der Waals surface area contributed by atoms with Crippen molar-refractivity contribution in [1.82, 2.24) is 0 Å². The predicted octanol–water partition coefficient (Wildman–Crippen LogP) is 9.34. The Hall–Kier alpha value is -2.31. The molecule has 0 heterocycles. The van der Waals surface area contributed by atoms with E-state index in [1.54, 1.807) is 0 Å². The molecule has 2 saturated carbocycles. The second-order valence-corrected chi connectivity index (χ2v) is 10.00. The maximum Gasteiger partial charge on any atom is 0.573 e. The van der Waals surface area contributed by atoms with Crippen LogP contribution in [0.4, 0.5) is 22.0 Å². The molecule has 0 atom stereocenters. The number of halogens is 5. The maximum atomic E-state index is 15.3. The highest BCUT2D eigenvalue weighted by Gasteiger charge is 2.34. The van der Waals surface area contributed by atoms with Crippen molar-refractivity contribution in [2.24, 2.45) is 17.8 Å². The van der Waals surface area contributed by atoms with E-state index in [1.165, 1.54) is 50.7 Å². The van der Waals surface area contributed by atoms with Gasteiger partial charge in [-0.3, -0.25) is 0 Å². The summed E-state index contributed by atoms with van der Waals surface area (Å²) >= 11 is 0. The minimum absolute atomic E-state index is 0.0286. The van der Waals surface area contributed by atoms with Gasteiger partial charge in [-0.25, -0.2) is 8.78 Å². The van der Waals surface area contributed by atoms with Gasteiger partial charge in [-0.1, -0.05) is 32.6 Å². The summed E-state index contributed by atoms with van der Waals surface area (Å²) in [7, 11) is 0. The number of rotatable bonds is 7. The number of benzene rings is 2. The van der Waals surface area contributed by atoms with Crippen LogP contribution in [-0.2, 0) is 0 Å². The molecule has 0 amide bonds. The van der Waals surface area contributed by atoms with Crippen molar-refractivity contribution in [3.63, 3.8) is 0 Å². The first kappa shape index (κ1) is 25.8. The van der Waals surface area contributed by atoms with Gasteiger partial charge in [0, 0.05) is 11.6 Å². The van der Waals surface area contributed by atoms with Gasteiger partial charge in [0.15, 0.2) is 11.6 Å². The Kier molecular flexibility index (Phi) is 8.23.